The first-order valence-electron chi connectivity index (χ1n) is 5.89. The number of halogens is 1. The standard InChI is InChI=1S/C13H20BrNO/c1-2-3-4-5-8-16-12-7-6-11(10-15)13(14)9-12/h6-7,9H,2-5,8,10,15H2,1H3. The minimum atomic E-state index is 0.553. The van der Waals surface area contributed by atoms with Crippen LogP contribution in [0.15, 0.2) is 22.7 Å². The highest BCUT2D eigenvalue weighted by Gasteiger charge is 2.00. The minimum Gasteiger partial charge on any atom is -0.494 e. The molecular weight excluding hydrogens is 266 g/mol. The fourth-order valence-corrected chi connectivity index (χ4v) is 2.02. The number of unbranched alkanes of at least 4 members (excludes halogenated alkanes) is 3. The van der Waals surface area contributed by atoms with Gasteiger partial charge in [0, 0.05) is 11.0 Å². The highest BCUT2D eigenvalue weighted by atomic mass is 79.9. The van der Waals surface area contributed by atoms with Crippen molar-refractivity contribution in [2.24, 2.45) is 5.73 Å². The van der Waals surface area contributed by atoms with Crippen molar-refractivity contribution in [1.29, 1.82) is 0 Å². The first-order valence-corrected chi connectivity index (χ1v) is 6.68. The second-order valence-corrected chi connectivity index (χ2v) is 4.72. The van der Waals surface area contributed by atoms with Crippen LogP contribution in [0.4, 0.5) is 0 Å². The molecule has 0 radical (unpaired) electrons. The summed E-state index contributed by atoms with van der Waals surface area (Å²) in [6.45, 7) is 3.56. The van der Waals surface area contributed by atoms with Crippen molar-refractivity contribution in [2.45, 2.75) is 39.2 Å². The second kappa shape index (κ2) is 7.69. The van der Waals surface area contributed by atoms with Crippen LogP contribution in [0.2, 0.25) is 0 Å². The fraction of sp³-hybridized carbons (Fsp3) is 0.538. The lowest BCUT2D eigenvalue weighted by Gasteiger charge is -2.08. The molecule has 2 nitrogen and oxygen atoms in total. The first-order chi connectivity index (χ1) is 7.77. The summed E-state index contributed by atoms with van der Waals surface area (Å²) < 4.78 is 6.69. The van der Waals surface area contributed by atoms with Gasteiger partial charge < -0.3 is 10.5 Å². The molecule has 1 rings (SSSR count). The maximum atomic E-state index is 5.66. The molecular formula is C13H20BrNO. The van der Waals surface area contributed by atoms with E-state index in [4.69, 9.17) is 10.5 Å². The molecule has 2 N–H and O–H groups in total. The highest BCUT2D eigenvalue weighted by Crippen LogP contribution is 2.22. The minimum absolute atomic E-state index is 0.553. The molecule has 0 aliphatic carbocycles. The number of hydrogen-bond acceptors (Lipinski definition) is 2. The van der Waals surface area contributed by atoms with Crippen molar-refractivity contribution in [1.82, 2.24) is 0 Å². The smallest absolute Gasteiger partial charge is 0.120 e. The lowest BCUT2D eigenvalue weighted by Crippen LogP contribution is -2.00. The second-order valence-electron chi connectivity index (χ2n) is 3.87. The molecule has 1 aromatic rings. The van der Waals surface area contributed by atoms with Gasteiger partial charge in [-0.3, -0.25) is 0 Å². The van der Waals surface area contributed by atoms with Gasteiger partial charge in [0.05, 0.1) is 6.61 Å². The van der Waals surface area contributed by atoms with Gasteiger partial charge in [0.15, 0.2) is 0 Å². The molecule has 0 aromatic heterocycles. The molecule has 0 amide bonds. The quantitative estimate of drug-likeness (QED) is 0.772. The van der Waals surface area contributed by atoms with Gasteiger partial charge in [0.1, 0.15) is 5.75 Å². The van der Waals surface area contributed by atoms with Crippen LogP contribution in [0.5, 0.6) is 5.75 Å². The van der Waals surface area contributed by atoms with Gasteiger partial charge in [-0.25, -0.2) is 0 Å². The van der Waals surface area contributed by atoms with E-state index in [1.54, 1.807) is 0 Å². The molecule has 90 valence electrons. The molecule has 0 spiro atoms. The Labute approximate surface area is 106 Å². The Bertz CT molecular complexity index is 315. The van der Waals surface area contributed by atoms with Crippen molar-refractivity contribution in [2.75, 3.05) is 6.61 Å². The van der Waals surface area contributed by atoms with Crippen LogP contribution in [0, 0.1) is 0 Å². The van der Waals surface area contributed by atoms with Gasteiger partial charge in [-0.05, 0) is 24.1 Å². The van der Waals surface area contributed by atoms with Gasteiger partial charge in [0.2, 0.25) is 0 Å². The molecule has 0 aliphatic heterocycles. The van der Waals surface area contributed by atoms with Gasteiger partial charge in [0.25, 0.3) is 0 Å². The van der Waals surface area contributed by atoms with E-state index in [0.29, 0.717) is 6.54 Å². The molecule has 0 saturated heterocycles. The summed E-state index contributed by atoms with van der Waals surface area (Å²) >= 11 is 3.48. The lowest BCUT2D eigenvalue weighted by molar-refractivity contribution is 0.305. The Morgan fingerprint density at radius 2 is 2.06 bits per heavy atom. The SMILES string of the molecule is CCCCCCOc1ccc(CN)c(Br)c1. The van der Waals surface area contributed by atoms with Gasteiger partial charge >= 0.3 is 0 Å². The van der Waals surface area contributed by atoms with Crippen LogP contribution in [-0.2, 0) is 6.54 Å². The summed E-state index contributed by atoms with van der Waals surface area (Å²) in [6, 6.07) is 5.97. The van der Waals surface area contributed by atoms with E-state index in [-0.39, 0.29) is 0 Å². The topological polar surface area (TPSA) is 35.2 Å². The summed E-state index contributed by atoms with van der Waals surface area (Å²) in [7, 11) is 0. The average molecular weight is 286 g/mol. The van der Waals surface area contributed by atoms with Crippen LogP contribution < -0.4 is 10.5 Å². The average Bonchev–Trinajstić information content (AvgIpc) is 2.29. The Kier molecular flexibility index (Phi) is 6.50. The zero-order chi connectivity index (χ0) is 11.8. The Hall–Kier alpha value is -0.540. The van der Waals surface area contributed by atoms with Crippen LogP contribution in [0.25, 0.3) is 0 Å². The predicted molar refractivity (Wildman–Crippen MR) is 71.7 cm³/mol. The van der Waals surface area contributed by atoms with Gasteiger partial charge in [-0.15, -0.1) is 0 Å². The lowest BCUT2D eigenvalue weighted by atomic mass is 10.2. The zero-order valence-electron chi connectivity index (χ0n) is 9.84. The van der Waals surface area contributed by atoms with Crippen molar-refractivity contribution in [3.8, 4) is 5.75 Å². The molecule has 0 unspecified atom stereocenters. The molecule has 0 heterocycles. The van der Waals surface area contributed by atoms with Crippen molar-refractivity contribution in [3.05, 3.63) is 28.2 Å². The van der Waals surface area contributed by atoms with E-state index in [1.165, 1.54) is 19.3 Å². The van der Waals surface area contributed by atoms with E-state index in [1.807, 2.05) is 18.2 Å². The van der Waals surface area contributed by atoms with Crippen LogP contribution in [-0.4, -0.2) is 6.61 Å². The third-order valence-corrected chi connectivity index (χ3v) is 3.25. The Morgan fingerprint density at radius 3 is 2.69 bits per heavy atom. The molecule has 0 fully saturated rings. The third-order valence-electron chi connectivity index (χ3n) is 2.51. The molecule has 0 aliphatic rings. The van der Waals surface area contributed by atoms with Crippen molar-refractivity contribution >= 4 is 15.9 Å². The first kappa shape index (κ1) is 13.5. The number of ether oxygens (including phenoxy) is 1. The number of nitrogens with two attached hydrogens (primary N) is 1. The normalized spacial score (nSPS) is 10.4. The number of rotatable bonds is 7. The molecule has 0 saturated carbocycles. The molecule has 0 atom stereocenters. The maximum Gasteiger partial charge on any atom is 0.120 e. The van der Waals surface area contributed by atoms with Gasteiger partial charge in [-0.1, -0.05) is 48.2 Å². The largest absolute Gasteiger partial charge is 0.494 e. The molecule has 3 heteroatoms. The highest BCUT2D eigenvalue weighted by molar-refractivity contribution is 9.10. The number of hydrogen-bond donors (Lipinski definition) is 1. The summed E-state index contributed by atoms with van der Waals surface area (Å²) in [5.41, 5.74) is 6.69. The summed E-state index contributed by atoms with van der Waals surface area (Å²) in [4.78, 5) is 0. The van der Waals surface area contributed by atoms with E-state index >= 15 is 0 Å². The van der Waals surface area contributed by atoms with Crippen LogP contribution >= 0.6 is 15.9 Å². The van der Waals surface area contributed by atoms with Gasteiger partial charge in [-0.2, -0.15) is 0 Å². The van der Waals surface area contributed by atoms with Crippen molar-refractivity contribution < 1.29 is 4.74 Å². The summed E-state index contributed by atoms with van der Waals surface area (Å²) in [5, 5.41) is 0. The Morgan fingerprint density at radius 1 is 1.25 bits per heavy atom. The van der Waals surface area contributed by atoms with E-state index < -0.39 is 0 Å². The summed E-state index contributed by atoms with van der Waals surface area (Å²) in [5.74, 6) is 0.917. The van der Waals surface area contributed by atoms with E-state index in [0.717, 1.165) is 28.8 Å². The maximum absolute atomic E-state index is 5.66. The van der Waals surface area contributed by atoms with E-state index in [2.05, 4.69) is 22.9 Å². The molecule has 0 bridgehead atoms. The Balaban J connectivity index is 2.34. The van der Waals surface area contributed by atoms with E-state index in [9.17, 15) is 0 Å². The zero-order valence-corrected chi connectivity index (χ0v) is 11.4. The van der Waals surface area contributed by atoms with Crippen LogP contribution in [0.1, 0.15) is 38.2 Å². The summed E-state index contributed by atoms with van der Waals surface area (Å²) in [6.07, 6.45) is 4.93. The monoisotopic (exact) mass is 285 g/mol. The fourth-order valence-electron chi connectivity index (χ4n) is 1.50. The van der Waals surface area contributed by atoms with Crippen molar-refractivity contribution in [3.63, 3.8) is 0 Å². The molecule has 16 heavy (non-hydrogen) atoms. The number of benzene rings is 1. The third kappa shape index (κ3) is 4.54. The predicted octanol–water partition coefficient (Wildman–Crippen LogP) is 3.87. The molecule has 1 aromatic carbocycles. The van der Waals surface area contributed by atoms with Crippen LogP contribution in [0.3, 0.4) is 0 Å².